The molecule has 0 aliphatic carbocycles. The van der Waals surface area contributed by atoms with E-state index in [0.29, 0.717) is 6.04 Å². The molecule has 2 nitrogen and oxygen atoms in total. The molecule has 2 aliphatic heterocycles. The van der Waals surface area contributed by atoms with E-state index in [1.165, 1.54) is 25.7 Å². The summed E-state index contributed by atoms with van der Waals surface area (Å²) in [6.07, 6.45) is 5.58. The van der Waals surface area contributed by atoms with Gasteiger partial charge in [0.2, 0.25) is 0 Å². The predicted molar refractivity (Wildman–Crippen MR) is 65.0 cm³/mol. The lowest BCUT2D eigenvalue weighted by atomic mass is 9.95. The third kappa shape index (κ3) is 2.36. The van der Waals surface area contributed by atoms with Gasteiger partial charge in [0.1, 0.15) is 0 Å². The van der Waals surface area contributed by atoms with Gasteiger partial charge in [0.25, 0.3) is 0 Å². The summed E-state index contributed by atoms with van der Waals surface area (Å²) in [6, 6.07) is 3.16. The second kappa shape index (κ2) is 4.42. The van der Waals surface area contributed by atoms with Crippen LogP contribution in [0.4, 0.5) is 0 Å². The molecule has 88 valence electrons. The number of nitrogens with one attached hydrogen (secondary N) is 1. The maximum Gasteiger partial charge on any atom is 0.0111 e. The number of nitrogens with zero attached hydrogens (tertiary/aromatic N) is 1. The SMILES string of the molecule is CC(C)C(C)NC1CC2CCC(C1)N2C. The van der Waals surface area contributed by atoms with E-state index < -0.39 is 0 Å². The number of piperidine rings is 1. The first-order chi connectivity index (χ1) is 7.08. The van der Waals surface area contributed by atoms with Gasteiger partial charge < -0.3 is 10.2 Å². The van der Waals surface area contributed by atoms with Crippen LogP contribution in [0, 0.1) is 5.92 Å². The van der Waals surface area contributed by atoms with Gasteiger partial charge in [0.05, 0.1) is 0 Å². The largest absolute Gasteiger partial charge is 0.311 e. The second-order valence-corrected chi connectivity index (χ2v) is 5.92. The van der Waals surface area contributed by atoms with Crippen LogP contribution in [0.5, 0.6) is 0 Å². The average molecular weight is 210 g/mol. The number of rotatable bonds is 3. The van der Waals surface area contributed by atoms with Crippen LogP contribution in [0.1, 0.15) is 46.5 Å². The van der Waals surface area contributed by atoms with Crippen molar-refractivity contribution in [2.24, 2.45) is 5.92 Å². The van der Waals surface area contributed by atoms with Crippen molar-refractivity contribution in [3.63, 3.8) is 0 Å². The van der Waals surface area contributed by atoms with E-state index in [0.717, 1.165) is 24.0 Å². The standard InChI is InChI=1S/C13H26N2/c1-9(2)10(3)14-11-7-12-5-6-13(8-11)15(12)4/h9-14H,5-8H2,1-4H3. The summed E-state index contributed by atoms with van der Waals surface area (Å²) in [6.45, 7) is 6.94. The van der Waals surface area contributed by atoms with Gasteiger partial charge in [-0.05, 0) is 45.6 Å². The Balaban J connectivity index is 1.86. The summed E-state index contributed by atoms with van der Waals surface area (Å²) in [7, 11) is 2.31. The lowest BCUT2D eigenvalue weighted by Crippen LogP contribution is -2.50. The van der Waals surface area contributed by atoms with Crippen molar-refractivity contribution in [3.8, 4) is 0 Å². The zero-order valence-corrected chi connectivity index (χ0v) is 10.7. The molecule has 2 bridgehead atoms. The van der Waals surface area contributed by atoms with Crippen molar-refractivity contribution in [2.75, 3.05) is 7.05 Å². The minimum Gasteiger partial charge on any atom is -0.311 e. The van der Waals surface area contributed by atoms with E-state index in [1.54, 1.807) is 0 Å². The molecule has 2 heterocycles. The van der Waals surface area contributed by atoms with Crippen LogP contribution < -0.4 is 5.32 Å². The second-order valence-electron chi connectivity index (χ2n) is 5.92. The van der Waals surface area contributed by atoms with Gasteiger partial charge >= 0.3 is 0 Å². The van der Waals surface area contributed by atoms with Gasteiger partial charge in [-0.15, -0.1) is 0 Å². The van der Waals surface area contributed by atoms with Crippen LogP contribution in [0.2, 0.25) is 0 Å². The molecule has 15 heavy (non-hydrogen) atoms. The Hall–Kier alpha value is -0.0800. The van der Waals surface area contributed by atoms with E-state index in [1.807, 2.05) is 0 Å². The lowest BCUT2D eigenvalue weighted by Gasteiger charge is -2.38. The maximum absolute atomic E-state index is 3.81. The van der Waals surface area contributed by atoms with Crippen molar-refractivity contribution in [3.05, 3.63) is 0 Å². The molecule has 0 spiro atoms. The Labute approximate surface area is 94.4 Å². The summed E-state index contributed by atoms with van der Waals surface area (Å²) in [4.78, 5) is 2.61. The fourth-order valence-electron chi connectivity index (χ4n) is 3.11. The zero-order valence-electron chi connectivity index (χ0n) is 10.7. The molecule has 2 aliphatic rings. The van der Waals surface area contributed by atoms with Gasteiger partial charge in [-0.1, -0.05) is 13.8 Å². The molecule has 2 rings (SSSR count). The Morgan fingerprint density at radius 1 is 1.07 bits per heavy atom. The molecule has 0 amide bonds. The van der Waals surface area contributed by atoms with E-state index >= 15 is 0 Å². The third-order valence-electron chi connectivity index (χ3n) is 4.60. The van der Waals surface area contributed by atoms with Crippen molar-refractivity contribution in [1.82, 2.24) is 10.2 Å². The smallest absolute Gasteiger partial charge is 0.0111 e. The molecule has 0 aromatic carbocycles. The monoisotopic (exact) mass is 210 g/mol. The molecule has 3 unspecified atom stereocenters. The first kappa shape index (κ1) is 11.4. The summed E-state index contributed by atoms with van der Waals surface area (Å²) in [5.41, 5.74) is 0. The van der Waals surface area contributed by atoms with Crippen molar-refractivity contribution >= 4 is 0 Å². The van der Waals surface area contributed by atoms with Crippen molar-refractivity contribution in [1.29, 1.82) is 0 Å². The fraction of sp³-hybridized carbons (Fsp3) is 1.00. The highest BCUT2D eigenvalue weighted by atomic mass is 15.2. The van der Waals surface area contributed by atoms with Crippen LogP contribution in [0.3, 0.4) is 0 Å². The normalized spacial score (nSPS) is 38.6. The summed E-state index contributed by atoms with van der Waals surface area (Å²) in [5, 5.41) is 3.81. The highest BCUT2D eigenvalue weighted by Crippen LogP contribution is 2.34. The molecular formula is C13H26N2. The van der Waals surface area contributed by atoms with Gasteiger partial charge in [-0.3, -0.25) is 0 Å². The highest BCUT2D eigenvalue weighted by Gasteiger charge is 2.38. The zero-order chi connectivity index (χ0) is 11.0. The third-order valence-corrected chi connectivity index (χ3v) is 4.60. The molecule has 2 fully saturated rings. The Bertz CT molecular complexity index is 201. The van der Waals surface area contributed by atoms with Gasteiger partial charge in [0, 0.05) is 24.2 Å². The van der Waals surface area contributed by atoms with Gasteiger partial charge in [0.15, 0.2) is 0 Å². The average Bonchev–Trinajstić information content (AvgIpc) is 2.41. The van der Waals surface area contributed by atoms with Gasteiger partial charge in [-0.25, -0.2) is 0 Å². The van der Waals surface area contributed by atoms with Crippen LogP contribution in [-0.2, 0) is 0 Å². The van der Waals surface area contributed by atoms with Crippen LogP contribution >= 0.6 is 0 Å². The molecule has 2 heteroatoms. The van der Waals surface area contributed by atoms with Crippen molar-refractivity contribution in [2.45, 2.75) is 70.6 Å². The predicted octanol–water partition coefficient (Wildman–Crippen LogP) is 2.25. The topological polar surface area (TPSA) is 15.3 Å². The summed E-state index contributed by atoms with van der Waals surface area (Å²) in [5.74, 6) is 0.752. The van der Waals surface area contributed by atoms with Crippen LogP contribution in [0.25, 0.3) is 0 Å². The first-order valence-corrected chi connectivity index (χ1v) is 6.56. The molecular weight excluding hydrogens is 184 g/mol. The summed E-state index contributed by atoms with van der Waals surface area (Å²) >= 11 is 0. The minimum atomic E-state index is 0.665. The number of hydrogen-bond acceptors (Lipinski definition) is 2. The number of fused-ring (bicyclic) bond motifs is 2. The fourth-order valence-corrected chi connectivity index (χ4v) is 3.11. The molecule has 0 radical (unpaired) electrons. The molecule has 1 N–H and O–H groups in total. The quantitative estimate of drug-likeness (QED) is 0.768. The lowest BCUT2D eigenvalue weighted by molar-refractivity contribution is 0.140. The van der Waals surface area contributed by atoms with Crippen LogP contribution in [-0.4, -0.2) is 36.1 Å². The minimum absolute atomic E-state index is 0.665. The first-order valence-electron chi connectivity index (χ1n) is 6.56. The molecule has 2 saturated heterocycles. The van der Waals surface area contributed by atoms with Gasteiger partial charge in [-0.2, -0.15) is 0 Å². The van der Waals surface area contributed by atoms with E-state index in [9.17, 15) is 0 Å². The molecule has 3 atom stereocenters. The van der Waals surface area contributed by atoms with E-state index in [-0.39, 0.29) is 0 Å². The van der Waals surface area contributed by atoms with Crippen molar-refractivity contribution < 1.29 is 0 Å². The Morgan fingerprint density at radius 2 is 1.60 bits per heavy atom. The highest BCUT2D eigenvalue weighted by molar-refractivity contribution is 4.96. The van der Waals surface area contributed by atoms with Crippen LogP contribution in [0.15, 0.2) is 0 Å². The van der Waals surface area contributed by atoms with E-state index in [4.69, 9.17) is 0 Å². The molecule has 0 aromatic rings. The maximum atomic E-state index is 3.81. The summed E-state index contributed by atoms with van der Waals surface area (Å²) < 4.78 is 0. The Morgan fingerprint density at radius 3 is 2.07 bits per heavy atom. The number of hydrogen-bond donors (Lipinski definition) is 1. The Kier molecular flexibility index (Phi) is 3.36. The molecule has 0 aromatic heterocycles. The van der Waals surface area contributed by atoms with E-state index in [2.05, 4.69) is 38.0 Å². The molecule has 0 saturated carbocycles.